The van der Waals surface area contributed by atoms with Crippen LogP contribution < -0.4 is 5.73 Å². The third kappa shape index (κ3) is 5.59. The smallest absolute Gasteiger partial charge is 0.222 e. The molecule has 1 rings (SSSR count). The molecule has 4 nitrogen and oxygen atoms in total. The van der Waals surface area contributed by atoms with Gasteiger partial charge in [0.25, 0.3) is 0 Å². The van der Waals surface area contributed by atoms with E-state index in [2.05, 4.69) is 18.8 Å². The number of hydrogen-bond donors (Lipinski definition) is 1. The standard InChI is InChI=1S/C15H27N3OS/c1-11(2)13(7-8-16)5-6-15(19)18(4)10-14-9-17-12(3)20-14/h9,11,13H,5-8,10,16H2,1-4H3. The van der Waals surface area contributed by atoms with Crippen molar-refractivity contribution in [2.75, 3.05) is 13.6 Å². The molecular formula is C15H27N3OS. The van der Waals surface area contributed by atoms with E-state index < -0.39 is 0 Å². The monoisotopic (exact) mass is 297 g/mol. The van der Waals surface area contributed by atoms with Crippen molar-refractivity contribution in [2.45, 2.75) is 46.6 Å². The summed E-state index contributed by atoms with van der Waals surface area (Å²) in [5.41, 5.74) is 5.64. The lowest BCUT2D eigenvalue weighted by molar-refractivity contribution is -0.130. The second-order valence-electron chi connectivity index (χ2n) is 5.72. The van der Waals surface area contributed by atoms with Gasteiger partial charge in [-0.3, -0.25) is 4.79 Å². The van der Waals surface area contributed by atoms with Crippen LogP contribution in [0.15, 0.2) is 6.20 Å². The fourth-order valence-electron chi connectivity index (χ4n) is 2.33. The van der Waals surface area contributed by atoms with Crippen molar-refractivity contribution in [3.05, 3.63) is 16.1 Å². The SMILES string of the molecule is Cc1ncc(CN(C)C(=O)CCC(CCN)C(C)C)s1. The topological polar surface area (TPSA) is 59.2 Å². The summed E-state index contributed by atoms with van der Waals surface area (Å²) < 4.78 is 0. The van der Waals surface area contributed by atoms with Gasteiger partial charge in [0.05, 0.1) is 11.6 Å². The van der Waals surface area contributed by atoms with Gasteiger partial charge in [0.2, 0.25) is 5.91 Å². The zero-order valence-electron chi connectivity index (χ0n) is 13.1. The fraction of sp³-hybridized carbons (Fsp3) is 0.733. The minimum absolute atomic E-state index is 0.207. The number of nitrogens with zero attached hydrogens (tertiary/aromatic N) is 2. The van der Waals surface area contributed by atoms with Gasteiger partial charge in [0.1, 0.15) is 0 Å². The zero-order chi connectivity index (χ0) is 15.1. The molecule has 0 saturated carbocycles. The molecular weight excluding hydrogens is 270 g/mol. The van der Waals surface area contributed by atoms with Crippen molar-refractivity contribution < 1.29 is 4.79 Å². The number of carbonyl (C=O) groups excluding carboxylic acids is 1. The quantitative estimate of drug-likeness (QED) is 0.802. The van der Waals surface area contributed by atoms with Crippen molar-refractivity contribution in [3.8, 4) is 0 Å². The Kier molecular flexibility index (Phi) is 7.16. The predicted molar refractivity (Wildman–Crippen MR) is 84.6 cm³/mol. The summed E-state index contributed by atoms with van der Waals surface area (Å²) in [6, 6.07) is 0. The average Bonchev–Trinajstić information content (AvgIpc) is 2.79. The van der Waals surface area contributed by atoms with Crippen molar-refractivity contribution in [2.24, 2.45) is 17.6 Å². The second-order valence-corrected chi connectivity index (χ2v) is 7.03. The third-order valence-corrected chi connectivity index (χ3v) is 4.59. The van der Waals surface area contributed by atoms with E-state index >= 15 is 0 Å². The molecule has 1 unspecified atom stereocenters. The Morgan fingerprint density at radius 1 is 1.45 bits per heavy atom. The van der Waals surface area contributed by atoms with Gasteiger partial charge < -0.3 is 10.6 Å². The molecule has 0 saturated heterocycles. The molecule has 0 aliphatic carbocycles. The van der Waals surface area contributed by atoms with Crippen LogP contribution in [0.1, 0.15) is 43.0 Å². The molecule has 0 radical (unpaired) electrons. The van der Waals surface area contributed by atoms with Crippen LogP contribution in [-0.4, -0.2) is 29.4 Å². The summed E-state index contributed by atoms with van der Waals surface area (Å²) in [6.45, 7) is 7.75. The molecule has 1 amide bonds. The minimum Gasteiger partial charge on any atom is -0.341 e. The van der Waals surface area contributed by atoms with Crippen LogP contribution in [0.2, 0.25) is 0 Å². The van der Waals surface area contributed by atoms with Crippen LogP contribution in [-0.2, 0) is 11.3 Å². The molecule has 1 aromatic heterocycles. The van der Waals surface area contributed by atoms with Gasteiger partial charge in [-0.05, 0) is 38.1 Å². The second kappa shape index (κ2) is 8.37. The van der Waals surface area contributed by atoms with Crippen LogP contribution in [0.4, 0.5) is 0 Å². The van der Waals surface area contributed by atoms with Gasteiger partial charge in [-0.15, -0.1) is 11.3 Å². The maximum Gasteiger partial charge on any atom is 0.222 e. The molecule has 114 valence electrons. The lowest BCUT2D eigenvalue weighted by Gasteiger charge is -2.22. The number of aromatic nitrogens is 1. The van der Waals surface area contributed by atoms with Gasteiger partial charge in [-0.25, -0.2) is 4.98 Å². The number of carbonyl (C=O) groups is 1. The molecule has 0 spiro atoms. The molecule has 0 aliphatic heterocycles. The Hall–Kier alpha value is -0.940. The first-order valence-corrected chi connectivity index (χ1v) is 8.11. The third-order valence-electron chi connectivity index (χ3n) is 3.70. The largest absolute Gasteiger partial charge is 0.341 e. The number of amides is 1. The summed E-state index contributed by atoms with van der Waals surface area (Å²) in [5, 5.41) is 1.05. The number of aryl methyl sites for hydroxylation is 1. The summed E-state index contributed by atoms with van der Waals surface area (Å²) >= 11 is 1.65. The highest BCUT2D eigenvalue weighted by atomic mass is 32.1. The Bertz CT molecular complexity index is 417. The highest BCUT2D eigenvalue weighted by Gasteiger charge is 2.16. The summed E-state index contributed by atoms with van der Waals surface area (Å²) in [7, 11) is 1.87. The summed E-state index contributed by atoms with van der Waals surface area (Å²) in [5.74, 6) is 1.34. The lowest BCUT2D eigenvalue weighted by atomic mass is 9.88. The molecule has 1 atom stereocenters. The van der Waals surface area contributed by atoms with Crippen LogP contribution in [0, 0.1) is 18.8 Å². The Morgan fingerprint density at radius 2 is 2.15 bits per heavy atom. The highest BCUT2D eigenvalue weighted by molar-refractivity contribution is 7.11. The van der Waals surface area contributed by atoms with E-state index in [-0.39, 0.29) is 5.91 Å². The van der Waals surface area contributed by atoms with E-state index in [0.717, 1.165) is 22.7 Å². The first kappa shape index (κ1) is 17.1. The fourth-order valence-corrected chi connectivity index (χ4v) is 3.17. The summed E-state index contributed by atoms with van der Waals surface area (Å²) in [6.07, 6.45) is 4.40. The molecule has 0 aromatic carbocycles. The molecule has 1 aromatic rings. The first-order valence-electron chi connectivity index (χ1n) is 7.29. The molecule has 1 heterocycles. The van der Waals surface area contributed by atoms with Gasteiger partial charge in [0.15, 0.2) is 0 Å². The van der Waals surface area contributed by atoms with Gasteiger partial charge in [-0.2, -0.15) is 0 Å². The van der Waals surface area contributed by atoms with Gasteiger partial charge in [0, 0.05) is 24.5 Å². The molecule has 20 heavy (non-hydrogen) atoms. The molecule has 2 N–H and O–H groups in total. The number of hydrogen-bond acceptors (Lipinski definition) is 4. The van der Waals surface area contributed by atoms with E-state index in [4.69, 9.17) is 5.73 Å². The van der Waals surface area contributed by atoms with Crippen LogP contribution >= 0.6 is 11.3 Å². The number of rotatable bonds is 8. The van der Waals surface area contributed by atoms with E-state index in [0.29, 0.717) is 31.3 Å². The Morgan fingerprint density at radius 3 is 2.65 bits per heavy atom. The van der Waals surface area contributed by atoms with Gasteiger partial charge >= 0.3 is 0 Å². The van der Waals surface area contributed by atoms with Crippen molar-refractivity contribution in [1.29, 1.82) is 0 Å². The Labute approximate surface area is 126 Å². The average molecular weight is 297 g/mol. The maximum absolute atomic E-state index is 12.2. The van der Waals surface area contributed by atoms with Crippen molar-refractivity contribution in [3.63, 3.8) is 0 Å². The summed E-state index contributed by atoms with van der Waals surface area (Å²) in [4.78, 5) is 19.3. The molecule has 0 fully saturated rings. The maximum atomic E-state index is 12.2. The molecule has 0 bridgehead atoms. The Balaban J connectivity index is 2.41. The van der Waals surface area contributed by atoms with E-state index in [9.17, 15) is 4.79 Å². The van der Waals surface area contributed by atoms with E-state index in [1.54, 1.807) is 16.2 Å². The van der Waals surface area contributed by atoms with Crippen LogP contribution in [0.25, 0.3) is 0 Å². The number of thiazole rings is 1. The van der Waals surface area contributed by atoms with Gasteiger partial charge in [-0.1, -0.05) is 13.8 Å². The predicted octanol–water partition coefficient (Wildman–Crippen LogP) is 2.81. The molecule has 5 heteroatoms. The molecule has 0 aliphatic rings. The number of nitrogens with two attached hydrogens (primary N) is 1. The minimum atomic E-state index is 0.207. The van der Waals surface area contributed by atoms with E-state index in [1.807, 2.05) is 20.2 Å². The van der Waals surface area contributed by atoms with E-state index in [1.165, 1.54) is 0 Å². The van der Waals surface area contributed by atoms with Crippen molar-refractivity contribution in [1.82, 2.24) is 9.88 Å². The van der Waals surface area contributed by atoms with Crippen LogP contribution in [0.5, 0.6) is 0 Å². The first-order chi connectivity index (χ1) is 9.43. The van der Waals surface area contributed by atoms with Crippen LogP contribution in [0.3, 0.4) is 0 Å². The lowest BCUT2D eigenvalue weighted by Crippen LogP contribution is -2.27. The highest BCUT2D eigenvalue weighted by Crippen LogP contribution is 2.21. The zero-order valence-corrected chi connectivity index (χ0v) is 13.9. The normalized spacial score (nSPS) is 12.7. The van der Waals surface area contributed by atoms with Crippen molar-refractivity contribution >= 4 is 17.2 Å².